The Bertz CT molecular complexity index is 1020. The fourth-order valence-electron chi connectivity index (χ4n) is 4.64. The standard InChI is InChI=1S/C27H37N3O5/c1-17(2)22-8-6-7-9-24(22)30(21-12-10-20(11-13-21)26(31)32)27(33)29-23-15-28-18(3)14-25(23)35-19(4)16-34-5/h6-9,14-15,17,19-21H,10-13,16H2,1-5H3,(H,29,33)(H,31,32). The van der Waals surface area contributed by atoms with Crippen LogP contribution in [0, 0.1) is 12.8 Å². The van der Waals surface area contributed by atoms with E-state index in [1.54, 1.807) is 24.3 Å². The SMILES string of the molecule is COCC(C)Oc1cc(C)ncc1NC(=O)N(c1ccccc1C(C)C)C1CCC(C(=O)O)CC1. The molecule has 1 heterocycles. The van der Waals surface area contributed by atoms with Crippen LogP contribution < -0.4 is 15.0 Å². The average Bonchev–Trinajstić information content (AvgIpc) is 2.81. The van der Waals surface area contributed by atoms with Gasteiger partial charge in [0.2, 0.25) is 0 Å². The third-order valence-corrected chi connectivity index (χ3v) is 6.42. The number of rotatable bonds is 9. The van der Waals surface area contributed by atoms with E-state index < -0.39 is 5.97 Å². The first-order chi connectivity index (χ1) is 16.7. The van der Waals surface area contributed by atoms with Gasteiger partial charge in [-0.2, -0.15) is 0 Å². The Labute approximate surface area is 207 Å². The lowest BCUT2D eigenvalue weighted by atomic mass is 9.85. The highest BCUT2D eigenvalue weighted by molar-refractivity contribution is 6.03. The number of nitrogens with one attached hydrogen (secondary N) is 1. The number of pyridine rings is 1. The molecule has 2 N–H and O–H groups in total. The summed E-state index contributed by atoms with van der Waals surface area (Å²) in [4.78, 5) is 31.5. The molecule has 35 heavy (non-hydrogen) atoms. The minimum absolute atomic E-state index is 0.110. The molecule has 0 aliphatic heterocycles. The molecule has 2 amide bonds. The van der Waals surface area contributed by atoms with Gasteiger partial charge in [-0.3, -0.25) is 14.7 Å². The molecule has 0 bridgehead atoms. The maximum absolute atomic E-state index is 13.8. The van der Waals surface area contributed by atoms with E-state index >= 15 is 0 Å². The maximum atomic E-state index is 13.8. The van der Waals surface area contributed by atoms with Crippen molar-refractivity contribution in [2.75, 3.05) is 23.9 Å². The number of urea groups is 1. The number of hydrogen-bond donors (Lipinski definition) is 2. The first kappa shape index (κ1) is 26.5. The largest absolute Gasteiger partial charge is 0.486 e. The van der Waals surface area contributed by atoms with E-state index in [0.717, 1.165) is 16.9 Å². The Kier molecular flexibility index (Phi) is 9.09. The molecule has 190 valence electrons. The van der Waals surface area contributed by atoms with E-state index in [-0.39, 0.29) is 30.0 Å². The summed E-state index contributed by atoms with van der Waals surface area (Å²) in [5.41, 5.74) is 3.16. The Balaban J connectivity index is 1.93. The molecule has 8 heteroatoms. The van der Waals surface area contributed by atoms with Crippen LogP contribution in [-0.4, -0.2) is 48.0 Å². The molecule has 1 atom stereocenters. The summed E-state index contributed by atoms with van der Waals surface area (Å²) in [6.45, 7) is 8.38. The van der Waals surface area contributed by atoms with Gasteiger partial charge in [0.05, 0.1) is 18.7 Å². The highest BCUT2D eigenvalue weighted by Gasteiger charge is 2.34. The Morgan fingerprint density at radius 2 is 1.86 bits per heavy atom. The van der Waals surface area contributed by atoms with Crippen molar-refractivity contribution in [3.05, 3.63) is 47.8 Å². The number of hydrogen-bond acceptors (Lipinski definition) is 5. The number of anilines is 2. The number of ether oxygens (including phenoxy) is 2. The molecule has 1 aliphatic rings. The van der Waals surface area contributed by atoms with Gasteiger partial charge in [0, 0.05) is 30.6 Å². The first-order valence-corrected chi connectivity index (χ1v) is 12.2. The van der Waals surface area contributed by atoms with Gasteiger partial charge in [-0.1, -0.05) is 32.0 Å². The predicted molar refractivity (Wildman–Crippen MR) is 136 cm³/mol. The second-order valence-electron chi connectivity index (χ2n) is 9.56. The van der Waals surface area contributed by atoms with Crippen molar-refractivity contribution >= 4 is 23.4 Å². The van der Waals surface area contributed by atoms with Crippen molar-refractivity contribution in [1.82, 2.24) is 4.98 Å². The number of carboxylic acids is 1. The normalized spacial score (nSPS) is 18.7. The first-order valence-electron chi connectivity index (χ1n) is 12.2. The quantitative estimate of drug-likeness (QED) is 0.481. The third-order valence-electron chi connectivity index (χ3n) is 6.42. The molecule has 8 nitrogen and oxygen atoms in total. The fraction of sp³-hybridized carbons (Fsp3) is 0.519. The van der Waals surface area contributed by atoms with Crippen LogP contribution in [0.3, 0.4) is 0 Å². The third kappa shape index (κ3) is 6.72. The van der Waals surface area contributed by atoms with Crippen LogP contribution in [-0.2, 0) is 9.53 Å². The van der Waals surface area contributed by atoms with E-state index in [0.29, 0.717) is 43.7 Å². The number of nitrogens with zero attached hydrogens (tertiary/aromatic N) is 2. The number of benzene rings is 1. The summed E-state index contributed by atoms with van der Waals surface area (Å²) < 4.78 is 11.2. The molecule has 2 aromatic rings. The maximum Gasteiger partial charge on any atom is 0.326 e. The number of carboxylic acid groups (broad SMARTS) is 1. The topological polar surface area (TPSA) is 101 Å². The van der Waals surface area contributed by atoms with Gasteiger partial charge in [0.1, 0.15) is 17.5 Å². The van der Waals surface area contributed by atoms with Gasteiger partial charge >= 0.3 is 12.0 Å². The van der Waals surface area contributed by atoms with Gasteiger partial charge in [-0.05, 0) is 57.1 Å². The smallest absolute Gasteiger partial charge is 0.326 e. The predicted octanol–water partition coefficient (Wildman–Crippen LogP) is 5.61. The minimum Gasteiger partial charge on any atom is -0.486 e. The highest BCUT2D eigenvalue weighted by atomic mass is 16.5. The number of methoxy groups -OCH3 is 1. The Morgan fingerprint density at radius 3 is 2.49 bits per heavy atom. The van der Waals surface area contributed by atoms with Crippen molar-refractivity contribution < 1.29 is 24.2 Å². The molecule has 1 aliphatic carbocycles. The van der Waals surface area contributed by atoms with Crippen LogP contribution in [0.25, 0.3) is 0 Å². The summed E-state index contributed by atoms with van der Waals surface area (Å²) >= 11 is 0. The molecular weight excluding hydrogens is 446 g/mol. The summed E-state index contributed by atoms with van der Waals surface area (Å²) in [6.07, 6.45) is 3.73. The lowest BCUT2D eigenvalue weighted by Gasteiger charge is -2.37. The fourth-order valence-corrected chi connectivity index (χ4v) is 4.64. The number of carbonyl (C=O) groups excluding carboxylic acids is 1. The summed E-state index contributed by atoms with van der Waals surface area (Å²) in [6, 6.07) is 9.31. The van der Waals surface area contributed by atoms with Gasteiger partial charge in [0.25, 0.3) is 0 Å². The average molecular weight is 484 g/mol. The van der Waals surface area contributed by atoms with Crippen molar-refractivity contribution in [1.29, 1.82) is 0 Å². The van der Waals surface area contributed by atoms with Crippen molar-refractivity contribution in [2.45, 2.75) is 71.4 Å². The van der Waals surface area contributed by atoms with Gasteiger partial charge in [-0.15, -0.1) is 0 Å². The second-order valence-corrected chi connectivity index (χ2v) is 9.56. The van der Waals surface area contributed by atoms with E-state index in [1.165, 1.54) is 0 Å². The van der Waals surface area contributed by atoms with Crippen LogP contribution in [0.5, 0.6) is 5.75 Å². The Morgan fingerprint density at radius 1 is 1.17 bits per heavy atom. The second kappa shape index (κ2) is 12.0. The van der Waals surface area contributed by atoms with Gasteiger partial charge in [-0.25, -0.2) is 4.79 Å². The molecule has 1 aromatic carbocycles. The Hall–Kier alpha value is -3.13. The number of aryl methyl sites for hydroxylation is 1. The molecule has 3 rings (SSSR count). The molecule has 1 unspecified atom stereocenters. The van der Waals surface area contributed by atoms with Crippen LogP contribution >= 0.6 is 0 Å². The van der Waals surface area contributed by atoms with Crippen molar-refractivity contribution in [2.24, 2.45) is 5.92 Å². The van der Waals surface area contributed by atoms with Crippen LogP contribution in [0.4, 0.5) is 16.2 Å². The zero-order chi connectivity index (χ0) is 25.5. The molecule has 0 saturated heterocycles. The minimum atomic E-state index is -0.764. The molecule has 1 saturated carbocycles. The van der Waals surface area contributed by atoms with Crippen LogP contribution in [0.2, 0.25) is 0 Å². The zero-order valence-corrected chi connectivity index (χ0v) is 21.3. The van der Waals surface area contributed by atoms with Crippen LogP contribution in [0.15, 0.2) is 36.5 Å². The van der Waals surface area contributed by atoms with Crippen molar-refractivity contribution in [3.63, 3.8) is 0 Å². The van der Waals surface area contributed by atoms with Gasteiger partial charge in [0.15, 0.2) is 0 Å². The monoisotopic (exact) mass is 483 g/mol. The van der Waals surface area contributed by atoms with E-state index in [2.05, 4.69) is 24.1 Å². The lowest BCUT2D eigenvalue weighted by molar-refractivity contribution is -0.142. The molecule has 0 radical (unpaired) electrons. The molecule has 1 fully saturated rings. The van der Waals surface area contributed by atoms with Gasteiger partial charge < -0.3 is 19.9 Å². The van der Waals surface area contributed by atoms with E-state index in [1.807, 2.05) is 38.1 Å². The van der Waals surface area contributed by atoms with Crippen molar-refractivity contribution in [3.8, 4) is 5.75 Å². The molecule has 0 spiro atoms. The number of amides is 2. The number of aliphatic carboxylic acids is 1. The van der Waals surface area contributed by atoms with Crippen LogP contribution in [0.1, 0.15) is 63.6 Å². The molecular formula is C27H37N3O5. The summed E-state index contributed by atoms with van der Waals surface area (Å²) in [7, 11) is 1.61. The number of para-hydroxylation sites is 1. The summed E-state index contributed by atoms with van der Waals surface area (Å²) in [5.74, 6) is -0.381. The van der Waals surface area contributed by atoms with E-state index in [9.17, 15) is 14.7 Å². The lowest BCUT2D eigenvalue weighted by Crippen LogP contribution is -2.46. The zero-order valence-electron chi connectivity index (χ0n) is 21.3. The highest BCUT2D eigenvalue weighted by Crippen LogP contribution is 2.36. The van der Waals surface area contributed by atoms with E-state index in [4.69, 9.17) is 9.47 Å². The number of carbonyl (C=O) groups is 2. The summed E-state index contributed by atoms with van der Waals surface area (Å²) in [5, 5.41) is 12.5. The molecule has 1 aromatic heterocycles. The number of aromatic nitrogens is 1.